The molecule has 1 atom stereocenters. The molecule has 0 heterocycles. The number of rotatable bonds is 4. The van der Waals surface area contributed by atoms with Crippen molar-refractivity contribution in [3.63, 3.8) is 0 Å². The summed E-state index contributed by atoms with van der Waals surface area (Å²) in [4.78, 5) is -0.115. The van der Waals surface area contributed by atoms with Crippen LogP contribution in [0.4, 0.5) is 14.5 Å². The second kappa shape index (κ2) is 5.79. The molecular weight excluding hydrogens is 300 g/mol. The topological polar surface area (TPSA) is 66.4 Å². The van der Waals surface area contributed by atoms with E-state index in [1.54, 1.807) is 6.92 Å². The van der Waals surface area contributed by atoms with Crippen molar-refractivity contribution in [1.82, 2.24) is 0 Å². The molecule has 0 aliphatic heterocycles. The van der Waals surface area contributed by atoms with Gasteiger partial charge in [-0.3, -0.25) is 4.72 Å². The first-order chi connectivity index (χ1) is 9.81. The van der Waals surface area contributed by atoms with Crippen molar-refractivity contribution < 1.29 is 22.3 Å². The van der Waals surface area contributed by atoms with E-state index in [-0.39, 0.29) is 4.90 Å². The maximum Gasteiger partial charge on any atom is 0.261 e. The molecule has 0 spiro atoms. The molecule has 0 aliphatic rings. The number of aliphatic hydroxyl groups is 1. The lowest BCUT2D eigenvalue weighted by atomic mass is 10.1. The third-order valence-corrected chi connectivity index (χ3v) is 4.25. The molecule has 0 saturated heterocycles. The highest BCUT2D eigenvalue weighted by atomic mass is 32.2. The molecule has 2 rings (SSSR count). The van der Waals surface area contributed by atoms with Crippen molar-refractivity contribution >= 4 is 15.7 Å². The minimum atomic E-state index is -4.03. The lowest BCUT2D eigenvalue weighted by molar-refractivity contribution is 0.199. The first kappa shape index (κ1) is 15.4. The second-order valence-electron chi connectivity index (χ2n) is 4.45. The SMILES string of the molecule is CC(O)c1ccc(S(=O)(=O)Nc2cccc(F)c2F)cc1. The molecule has 1 unspecified atom stereocenters. The zero-order valence-corrected chi connectivity index (χ0v) is 11.9. The van der Waals surface area contributed by atoms with Crippen LogP contribution in [0.25, 0.3) is 0 Å². The van der Waals surface area contributed by atoms with Crippen LogP contribution in [-0.4, -0.2) is 13.5 Å². The van der Waals surface area contributed by atoms with Gasteiger partial charge in [0.15, 0.2) is 11.6 Å². The van der Waals surface area contributed by atoms with Gasteiger partial charge in [-0.25, -0.2) is 17.2 Å². The van der Waals surface area contributed by atoms with Crippen LogP contribution in [-0.2, 0) is 10.0 Å². The quantitative estimate of drug-likeness (QED) is 0.912. The van der Waals surface area contributed by atoms with E-state index in [0.717, 1.165) is 12.1 Å². The Balaban J connectivity index is 2.32. The molecule has 2 aromatic carbocycles. The Morgan fingerprint density at radius 3 is 2.29 bits per heavy atom. The van der Waals surface area contributed by atoms with Crippen molar-refractivity contribution in [2.45, 2.75) is 17.9 Å². The highest BCUT2D eigenvalue weighted by Gasteiger charge is 2.18. The minimum Gasteiger partial charge on any atom is -0.389 e. The summed E-state index contributed by atoms with van der Waals surface area (Å²) in [5, 5.41) is 9.36. The standard InChI is InChI=1S/C14H13F2NO3S/c1-9(18)10-5-7-11(8-6-10)21(19,20)17-13-4-2-3-12(15)14(13)16/h2-9,17-18H,1H3. The average Bonchev–Trinajstić information content (AvgIpc) is 2.44. The third kappa shape index (κ3) is 3.37. The summed E-state index contributed by atoms with van der Waals surface area (Å²) in [7, 11) is -4.03. The molecule has 7 heteroatoms. The number of aliphatic hydroxyl groups excluding tert-OH is 1. The number of anilines is 1. The molecule has 0 aromatic heterocycles. The summed E-state index contributed by atoms with van der Waals surface area (Å²) < 4.78 is 52.7. The van der Waals surface area contributed by atoms with Crippen LogP contribution in [0, 0.1) is 11.6 Å². The van der Waals surface area contributed by atoms with Crippen LogP contribution >= 0.6 is 0 Å². The van der Waals surface area contributed by atoms with Gasteiger partial charge in [0.2, 0.25) is 0 Å². The summed E-state index contributed by atoms with van der Waals surface area (Å²) in [5.74, 6) is -2.40. The van der Waals surface area contributed by atoms with Crippen molar-refractivity contribution in [3.8, 4) is 0 Å². The van der Waals surface area contributed by atoms with E-state index < -0.39 is 33.4 Å². The van der Waals surface area contributed by atoms with Gasteiger partial charge in [-0.2, -0.15) is 0 Å². The number of hydrogen-bond donors (Lipinski definition) is 2. The van der Waals surface area contributed by atoms with Crippen molar-refractivity contribution in [3.05, 3.63) is 59.7 Å². The molecule has 2 aromatic rings. The van der Waals surface area contributed by atoms with Crippen molar-refractivity contribution in [2.24, 2.45) is 0 Å². The van der Waals surface area contributed by atoms with Crippen LogP contribution in [0.1, 0.15) is 18.6 Å². The Morgan fingerprint density at radius 1 is 1.10 bits per heavy atom. The Bertz CT molecular complexity index is 743. The van der Waals surface area contributed by atoms with E-state index in [0.29, 0.717) is 5.56 Å². The maximum atomic E-state index is 13.5. The Kier molecular flexibility index (Phi) is 4.24. The van der Waals surface area contributed by atoms with Gasteiger partial charge in [-0.15, -0.1) is 0 Å². The van der Waals surface area contributed by atoms with E-state index in [1.807, 2.05) is 4.72 Å². The predicted octanol–water partition coefficient (Wildman–Crippen LogP) is 2.82. The average molecular weight is 313 g/mol. The summed E-state index contributed by atoms with van der Waals surface area (Å²) >= 11 is 0. The highest BCUT2D eigenvalue weighted by molar-refractivity contribution is 7.92. The number of hydrogen-bond acceptors (Lipinski definition) is 3. The Labute approximate surface area is 121 Å². The van der Waals surface area contributed by atoms with Gasteiger partial charge in [-0.05, 0) is 36.8 Å². The minimum absolute atomic E-state index is 0.115. The van der Waals surface area contributed by atoms with Gasteiger partial charge in [0.1, 0.15) is 0 Å². The monoisotopic (exact) mass is 313 g/mol. The highest BCUT2D eigenvalue weighted by Crippen LogP contribution is 2.22. The molecule has 0 bridgehead atoms. The first-order valence-corrected chi connectivity index (χ1v) is 7.54. The van der Waals surface area contributed by atoms with Gasteiger partial charge in [0.05, 0.1) is 16.7 Å². The number of sulfonamides is 1. The fourth-order valence-corrected chi connectivity index (χ4v) is 2.77. The van der Waals surface area contributed by atoms with Gasteiger partial charge in [0.25, 0.3) is 10.0 Å². The van der Waals surface area contributed by atoms with Crippen LogP contribution in [0.15, 0.2) is 47.4 Å². The fraction of sp³-hybridized carbons (Fsp3) is 0.143. The zero-order valence-electron chi connectivity index (χ0n) is 11.0. The van der Waals surface area contributed by atoms with Crippen LogP contribution < -0.4 is 4.72 Å². The van der Waals surface area contributed by atoms with Crippen molar-refractivity contribution in [1.29, 1.82) is 0 Å². The first-order valence-electron chi connectivity index (χ1n) is 6.06. The fourth-order valence-electron chi connectivity index (χ4n) is 1.71. The molecule has 2 N–H and O–H groups in total. The maximum absolute atomic E-state index is 13.5. The van der Waals surface area contributed by atoms with Crippen LogP contribution in [0.5, 0.6) is 0 Å². The smallest absolute Gasteiger partial charge is 0.261 e. The van der Waals surface area contributed by atoms with E-state index in [4.69, 9.17) is 0 Å². The van der Waals surface area contributed by atoms with Gasteiger partial charge in [-0.1, -0.05) is 18.2 Å². The van der Waals surface area contributed by atoms with E-state index in [1.165, 1.54) is 30.3 Å². The van der Waals surface area contributed by atoms with Gasteiger partial charge >= 0.3 is 0 Å². The van der Waals surface area contributed by atoms with E-state index in [2.05, 4.69) is 0 Å². The normalized spacial score (nSPS) is 13.0. The molecule has 4 nitrogen and oxygen atoms in total. The summed E-state index contributed by atoms with van der Waals surface area (Å²) in [6, 6.07) is 8.67. The summed E-state index contributed by atoms with van der Waals surface area (Å²) in [6.45, 7) is 1.55. The van der Waals surface area contributed by atoms with Gasteiger partial charge < -0.3 is 5.11 Å². The number of nitrogens with one attached hydrogen (secondary N) is 1. The molecular formula is C14H13F2NO3S. The molecule has 112 valence electrons. The molecule has 0 saturated carbocycles. The summed E-state index contributed by atoms with van der Waals surface area (Å²) in [5.41, 5.74) is 0.0838. The third-order valence-electron chi connectivity index (χ3n) is 2.87. The Morgan fingerprint density at radius 2 is 1.71 bits per heavy atom. The predicted molar refractivity (Wildman–Crippen MR) is 74.2 cm³/mol. The molecule has 0 aliphatic carbocycles. The van der Waals surface area contributed by atoms with Crippen molar-refractivity contribution in [2.75, 3.05) is 4.72 Å². The lowest BCUT2D eigenvalue weighted by Crippen LogP contribution is -2.14. The van der Waals surface area contributed by atoms with Gasteiger partial charge in [0, 0.05) is 0 Å². The summed E-state index contributed by atoms with van der Waals surface area (Å²) in [6.07, 6.45) is -0.727. The van der Waals surface area contributed by atoms with Crippen LogP contribution in [0.3, 0.4) is 0 Å². The molecule has 21 heavy (non-hydrogen) atoms. The molecule has 0 amide bonds. The van der Waals surface area contributed by atoms with E-state index in [9.17, 15) is 22.3 Å². The second-order valence-corrected chi connectivity index (χ2v) is 6.13. The zero-order chi connectivity index (χ0) is 15.6. The number of halogens is 2. The largest absolute Gasteiger partial charge is 0.389 e. The molecule has 0 radical (unpaired) electrons. The van der Waals surface area contributed by atoms with E-state index >= 15 is 0 Å². The van der Waals surface area contributed by atoms with Crippen LogP contribution in [0.2, 0.25) is 0 Å². The lowest BCUT2D eigenvalue weighted by Gasteiger charge is -2.10. The number of benzene rings is 2. The Hall–Kier alpha value is -1.99. The molecule has 0 fully saturated rings.